The van der Waals surface area contributed by atoms with Crippen molar-refractivity contribution in [2.45, 2.75) is 13.3 Å². The highest BCUT2D eigenvalue weighted by molar-refractivity contribution is 5.23. The van der Waals surface area contributed by atoms with Crippen LogP contribution in [0.15, 0.2) is 18.5 Å². The summed E-state index contributed by atoms with van der Waals surface area (Å²) in [6.45, 7) is 1.98. The van der Waals surface area contributed by atoms with Gasteiger partial charge < -0.3 is 0 Å². The van der Waals surface area contributed by atoms with E-state index < -0.39 is 0 Å². The minimum atomic E-state index is 0.458. The number of hydrogen-bond acceptors (Lipinski definition) is 2. The molecule has 0 fully saturated rings. The first-order valence-electron chi connectivity index (χ1n) is 3.11. The maximum absolute atomic E-state index is 8.37. The highest BCUT2D eigenvalue weighted by Crippen LogP contribution is 2.03. The average molecular weight is 132 g/mol. The average Bonchev–Trinajstić information content (AvgIpc) is 1.94. The number of nitrogens with zero attached hydrogens (tertiary/aromatic N) is 2. The van der Waals surface area contributed by atoms with Crippen LogP contribution in [0.3, 0.4) is 0 Å². The van der Waals surface area contributed by atoms with Gasteiger partial charge in [-0.3, -0.25) is 4.98 Å². The molecule has 10 heavy (non-hydrogen) atoms. The van der Waals surface area contributed by atoms with Crippen LogP contribution in [-0.2, 0) is 6.42 Å². The molecule has 0 aliphatic heterocycles. The SMILES string of the molecule is Cc1ccncc1CC#N. The van der Waals surface area contributed by atoms with Gasteiger partial charge in [0.2, 0.25) is 0 Å². The van der Waals surface area contributed by atoms with Crippen molar-refractivity contribution in [3.63, 3.8) is 0 Å². The molecule has 0 atom stereocenters. The van der Waals surface area contributed by atoms with Gasteiger partial charge in [-0.1, -0.05) is 0 Å². The smallest absolute Gasteiger partial charge is 0.0670 e. The van der Waals surface area contributed by atoms with Gasteiger partial charge in [-0.05, 0) is 24.1 Å². The highest BCUT2D eigenvalue weighted by Gasteiger charge is 1.93. The molecule has 2 heteroatoms. The number of rotatable bonds is 1. The van der Waals surface area contributed by atoms with E-state index in [2.05, 4.69) is 11.1 Å². The maximum Gasteiger partial charge on any atom is 0.0670 e. The Balaban J connectivity index is 2.94. The molecule has 1 aromatic heterocycles. The second-order valence-electron chi connectivity index (χ2n) is 2.14. The fourth-order valence-electron chi connectivity index (χ4n) is 0.767. The van der Waals surface area contributed by atoms with Crippen molar-refractivity contribution < 1.29 is 0 Å². The van der Waals surface area contributed by atoms with Crippen LogP contribution in [0, 0.1) is 18.3 Å². The van der Waals surface area contributed by atoms with E-state index in [-0.39, 0.29) is 0 Å². The van der Waals surface area contributed by atoms with Gasteiger partial charge in [0.05, 0.1) is 12.5 Å². The van der Waals surface area contributed by atoms with Crippen molar-refractivity contribution in [1.29, 1.82) is 5.26 Å². The van der Waals surface area contributed by atoms with E-state index in [1.54, 1.807) is 12.4 Å². The first kappa shape index (κ1) is 6.76. The fraction of sp³-hybridized carbons (Fsp3) is 0.250. The molecule has 0 aromatic carbocycles. The van der Waals surface area contributed by atoms with Crippen molar-refractivity contribution in [3.8, 4) is 6.07 Å². The molecule has 1 heterocycles. The molecule has 0 N–H and O–H groups in total. The van der Waals surface area contributed by atoms with E-state index in [0.717, 1.165) is 11.1 Å². The summed E-state index contributed by atoms with van der Waals surface area (Å²) in [4.78, 5) is 3.91. The fourth-order valence-corrected chi connectivity index (χ4v) is 0.767. The Kier molecular flexibility index (Phi) is 2.01. The molecule has 0 aliphatic rings. The zero-order chi connectivity index (χ0) is 7.40. The molecule has 50 valence electrons. The van der Waals surface area contributed by atoms with Gasteiger partial charge in [0.15, 0.2) is 0 Å². The zero-order valence-electron chi connectivity index (χ0n) is 5.83. The monoisotopic (exact) mass is 132 g/mol. The minimum absolute atomic E-state index is 0.458. The van der Waals surface area contributed by atoms with Crippen LogP contribution in [0.2, 0.25) is 0 Å². The summed E-state index contributed by atoms with van der Waals surface area (Å²) in [7, 11) is 0. The van der Waals surface area contributed by atoms with Crippen LogP contribution in [0.5, 0.6) is 0 Å². The van der Waals surface area contributed by atoms with Gasteiger partial charge >= 0.3 is 0 Å². The van der Waals surface area contributed by atoms with Gasteiger partial charge in [0.25, 0.3) is 0 Å². The third-order valence-electron chi connectivity index (χ3n) is 1.42. The molecule has 1 rings (SSSR count). The third-order valence-corrected chi connectivity index (χ3v) is 1.42. The van der Waals surface area contributed by atoms with E-state index >= 15 is 0 Å². The Labute approximate surface area is 60.1 Å². The lowest BCUT2D eigenvalue weighted by Crippen LogP contribution is -1.87. The second-order valence-corrected chi connectivity index (χ2v) is 2.14. The lowest BCUT2D eigenvalue weighted by Gasteiger charge is -1.96. The second kappa shape index (κ2) is 2.98. The van der Waals surface area contributed by atoms with Crippen LogP contribution in [0.4, 0.5) is 0 Å². The Morgan fingerprint density at radius 1 is 1.70 bits per heavy atom. The predicted octanol–water partition coefficient (Wildman–Crippen LogP) is 1.46. The Morgan fingerprint density at radius 2 is 2.50 bits per heavy atom. The van der Waals surface area contributed by atoms with Gasteiger partial charge in [0.1, 0.15) is 0 Å². The molecule has 0 amide bonds. The van der Waals surface area contributed by atoms with Crippen molar-refractivity contribution in [3.05, 3.63) is 29.6 Å². The zero-order valence-corrected chi connectivity index (χ0v) is 5.83. The summed E-state index contributed by atoms with van der Waals surface area (Å²) in [6, 6.07) is 3.99. The molecule has 0 bridgehead atoms. The Hall–Kier alpha value is -1.36. The normalized spacial score (nSPS) is 8.80. The lowest BCUT2D eigenvalue weighted by atomic mass is 10.1. The molecule has 0 unspecified atom stereocenters. The van der Waals surface area contributed by atoms with Gasteiger partial charge in [-0.15, -0.1) is 0 Å². The molecular weight excluding hydrogens is 124 g/mol. The summed E-state index contributed by atoms with van der Waals surface area (Å²) >= 11 is 0. The number of hydrogen-bond donors (Lipinski definition) is 0. The predicted molar refractivity (Wildman–Crippen MR) is 38.3 cm³/mol. The Bertz CT molecular complexity index is 260. The summed E-state index contributed by atoms with van der Waals surface area (Å²) in [6.07, 6.45) is 3.93. The van der Waals surface area contributed by atoms with Crippen molar-refractivity contribution in [1.82, 2.24) is 4.98 Å². The summed E-state index contributed by atoms with van der Waals surface area (Å²) in [5.74, 6) is 0. The third kappa shape index (κ3) is 1.32. The maximum atomic E-state index is 8.37. The molecule has 0 spiro atoms. The molecule has 0 saturated carbocycles. The topological polar surface area (TPSA) is 36.7 Å². The van der Waals surface area contributed by atoms with Gasteiger partial charge in [-0.2, -0.15) is 5.26 Å². The van der Waals surface area contributed by atoms with E-state index in [9.17, 15) is 0 Å². The molecule has 0 radical (unpaired) electrons. The molecular formula is C8H8N2. The minimum Gasteiger partial charge on any atom is -0.264 e. The first-order valence-corrected chi connectivity index (χ1v) is 3.11. The first-order chi connectivity index (χ1) is 4.84. The van der Waals surface area contributed by atoms with E-state index in [1.807, 2.05) is 13.0 Å². The number of pyridine rings is 1. The quantitative estimate of drug-likeness (QED) is 0.580. The summed E-state index contributed by atoms with van der Waals surface area (Å²) < 4.78 is 0. The number of nitriles is 1. The van der Waals surface area contributed by atoms with E-state index in [1.165, 1.54) is 0 Å². The highest BCUT2D eigenvalue weighted by atomic mass is 14.6. The lowest BCUT2D eigenvalue weighted by molar-refractivity contribution is 1.15. The van der Waals surface area contributed by atoms with Gasteiger partial charge in [0, 0.05) is 12.4 Å². The standard InChI is InChI=1S/C8H8N2/c1-7-3-5-10-6-8(7)2-4-9/h3,5-6H,2H2,1H3. The van der Waals surface area contributed by atoms with Crippen LogP contribution < -0.4 is 0 Å². The number of aromatic nitrogens is 1. The van der Waals surface area contributed by atoms with Crippen LogP contribution in [-0.4, -0.2) is 4.98 Å². The van der Waals surface area contributed by atoms with Crippen LogP contribution >= 0.6 is 0 Å². The summed E-state index contributed by atoms with van der Waals surface area (Å²) in [5.41, 5.74) is 2.15. The van der Waals surface area contributed by atoms with E-state index in [4.69, 9.17) is 5.26 Å². The molecule has 1 aromatic rings. The van der Waals surface area contributed by atoms with Gasteiger partial charge in [-0.25, -0.2) is 0 Å². The Morgan fingerprint density at radius 3 is 3.10 bits per heavy atom. The van der Waals surface area contributed by atoms with Crippen LogP contribution in [0.25, 0.3) is 0 Å². The molecule has 0 aliphatic carbocycles. The van der Waals surface area contributed by atoms with Crippen LogP contribution in [0.1, 0.15) is 11.1 Å². The van der Waals surface area contributed by atoms with Crippen molar-refractivity contribution in [2.75, 3.05) is 0 Å². The van der Waals surface area contributed by atoms with E-state index in [0.29, 0.717) is 6.42 Å². The largest absolute Gasteiger partial charge is 0.264 e. The van der Waals surface area contributed by atoms with Crippen molar-refractivity contribution >= 4 is 0 Å². The molecule has 0 saturated heterocycles. The molecule has 2 nitrogen and oxygen atoms in total. The summed E-state index contributed by atoms with van der Waals surface area (Å²) in [5, 5.41) is 8.37. The van der Waals surface area contributed by atoms with Crippen molar-refractivity contribution in [2.24, 2.45) is 0 Å². The number of aryl methyl sites for hydroxylation is 1.